The topological polar surface area (TPSA) is 84.9 Å². The van der Waals surface area contributed by atoms with Crippen LogP contribution in [0.15, 0.2) is 9.21 Å². The molecule has 9 heavy (non-hydrogen) atoms. The summed E-state index contributed by atoms with van der Waals surface area (Å²) in [5.41, 5.74) is 5.05. The van der Waals surface area contributed by atoms with Crippen molar-refractivity contribution in [1.82, 2.24) is 10.2 Å². The smallest absolute Gasteiger partial charge is 0.391 e. The van der Waals surface area contributed by atoms with Gasteiger partial charge in [-0.3, -0.25) is 0 Å². The molecule has 52 valence electrons. The van der Waals surface area contributed by atoms with E-state index in [4.69, 9.17) is 5.73 Å². The molecule has 0 saturated heterocycles. The van der Waals surface area contributed by atoms with E-state index in [1.807, 2.05) is 0 Å². The molecule has 0 aromatic carbocycles. The lowest BCUT2D eigenvalue weighted by molar-refractivity contribution is 0.464. The van der Waals surface area contributed by atoms with Crippen LogP contribution in [0.4, 0.5) is 0 Å². The van der Waals surface area contributed by atoms with E-state index in [2.05, 4.69) is 14.6 Å². The number of halogens is 1. The van der Waals surface area contributed by atoms with E-state index >= 15 is 0 Å². The summed E-state index contributed by atoms with van der Waals surface area (Å²) < 4.78 is 4.39. The second-order valence-corrected chi connectivity index (χ2v) is 1.21. The summed E-state index contributed by atoms with van der Waals surface area (Å²) in [4.78, 5) is 10.1. The van der Waals surface area contributed by atoms with Gasteiger partial charge in [-0.15, -0.1) is 17.5 Å². The summed E-state index contributed by atoms with van der Waals surface area (Å²) in [7, 11) is 0. The van der Waals surface area contributed by atoms with Gasteiger partial charge in [0.1, 0.15) is 0 Å². The highest BCUT2D eigenvalue weighted by Gasteiger charge is 1.93. The van der Waals surface area contributed by atoms with Crippen LogP contribution in [0.3, 0.4) is 0 Å². The van der Waals surface area contributed by atoms with Crippen molar-refractivity contribution in [2.45, 2.75) is 6.54 Å². The quantitative estimate of drug-likeness (QED) is 0.553. The second-order valence-electron chi connectivity index (χ2n) is 1.21. The summed E-state index contributed by atoms with van der Waals surface area (Å²) in [6, 6.07) is 0. The van der Waals surface area contributed by atoms with E-state index in [9.17, 15) is 4.79 Å². The zero-order chi connectivity index (χ0) is 5.98. The fraction of sp³-hybridized carbons (Fsp3) is 0.333. The van der Waals surface area contributed by atoms with Crippen molar-refractivity contribution in [2.24, 2.45) is 5.73 Å². The van der Waals surface area contributed by atoms with Crippen LogP contribution in [0.25, 0.3) is 0 Å². The minimum Gasteiger partial charge on any atom is -0.391 e. The lowest BCUT2D eigenvalue weighted by Gasteiger charge is -1.75. The summed E-state index contributed by atoms with van der Waals surface area (Å²) in [5.74, 6) is -0.333. The molecule has 1 aromatic heterocycles. The maximum absolute atomic E-state index is 10.1. The van der Waals surface area contributed by atoms with Crippen molar-refractivity contribution in [3.8, 4) is 0 Å². The van der Waals surface area contributed by atoms with Gasteiger partial charge >= 0.3 is 5.76 Å². The normalized spacial score (nSPS) is 8.56. The molecule has 0 fully saturated rings. The number of hydrogen-bond acceptors (Lipinski definition) is 4. The number of rotatable bonds is 1. The monoisotopic (exact) mass is 151 g/mol. The van der Waals surface area contributed by atoms with Gasteiger partial charge in [-0.05, 0) is 0 Å². The molecule has 0 bridgehead atoms. The zero-order valence-electron chi connectivity index (χ0n) is 4.46. The van der Waals surface area contributed by atoms with Crippen molar-refractivity contribution >= 4 is 12.4 Å². The van der Waals surface area contributed by atoms with Gasteiger partial charge in [0.05, 0.1) is 6.54 Å². The summed E-state index contributed by atoms with van der Waals surface area (Å²) in [6.45, 7) is 0.152. The first-order valence-corrected chi connectivity index (χ1v) is 2.07. The lowest BCUT2D eigenvalue weighted by atomic mass is 10.7. The molecule has 0 spiro atoms. The third-order valence-corrected chi connectivity index (χ3v) is 0.657. The van der Waals surface area contributed by atoms with Crippen LogP contribution >= 0.6 is 12.4 Å². The van der Waals surface area contributed by atoms with E-state index in [0.717, 1.165) is 0 Å². The minimum absolute atomic E-state index is 0. The predicted molar refractivity (Wildman–Crippen MR) is 32.3 cm³/mol. The summed E-state index contributed by atoms with van der Waals surface area (Å²) in [5, 5.41) is 5.47. The Morgan fingerprint density at radius 1 is 1.78 bits per heavy atom. The van der Waals surface area contributed by atoms with Crippen LogP contribution < -0.4 is 11.5 Å². The van der Waals surface area contributed by atoms with Gasteiger partial charge in [0, 0.05) is 0 Å². The predicted octanol–water partition coefficient (Wildman–Crippen LogP) is -0.757. The number of aromatic nitrogens is 2. The Balaban J connectivity index is 0.000000640. The molecule has 0 aliphatic heterocycles. The molecule has 0 aliphatic rings. The highest BCUT2D eigenvalue weighted by atomic mass is 35.5. The average molecular weight is 152 g/mol. The van der Waals surface area contributed by atoms with Crippen molar-refractivity contribution in [3.63, 3.8) is 0 Å². The van der Waals surface area contributed by atoms with Gasteiger partial charge in [0.15, 0.2) is 0 Å². The average Bonchev–Trinajstić information content (AvgIpc) is 2.14. The van der Waals surface area contributed by atoms with Gasteiger partial charge in [-0.25, -0.2) is 9.89 Å². The van der Waals surface area contributed by atoms with Crippen LogP contribution in [0.1, 0.15) is 5.89 Å². The molecule has 5 nitrogen and oxygen atoms in total. The molecule has 0 amide bonds. The van der Waals surface area contributed by atoms with Crippen LogP contribution in [-0.4, -0.2) is 10.2 Å². The molecule has 0 radical (unpaired) electrons. The molecule has 0 saturated carbocycles. The number of aromatic amines is 1. The van der Waals surface area contributed by atoms with Crippen molar-refractivity contribution in [1.29, 1.82) is 0 Å². The molecular formula is C3H6ClN3O2. The first-order chi connectivity index (χ1) is 3.83. The first-order valence-electron chi connectivity index (χ1n) is 2.07. The molecule has 0 unspecified atom stereocenters. The highest BCUT2D eigenvalue weighted by Crippen LogP contribution is 1.79. The Bertz CT molecular complexity index is 217. The Morgan fingerprint density at radius 3 is 2.67 bits per heavy atom. The van der Waals surface area contributed by atoms with Crippen LogP contribution in [-0.2, 0) is 6.54 Å². The number of H-pyrrole nitrogens is 1. The summed E-state index contributed by atoms with van der Waals surface area (Å²) >= 11 is 0. The van der Waals surface area contributed by atoms with Gasteiger partial charge in [0.25, 0.3) is 0 Å². The maximum Gasteiger partial charge on any atom is 0.434 e. The molecule has 1 aromatic rings. The molecule has 0 atom stereocenters. The van der Waals surface area contributed by atoms with Crippen molar-refractivity contribution in [2.75, 3.05) is 0 Å². The minimum atomic E-state index is -0.564. The molecule has 1 heterocycles. The van der Waals surface area contributed by atoms with E-state index < -0.39 is 5.76 Å². The third-order valence-electron chi connectivity index (χ3n) is 0.657. The fourth-order valence-electron chi connectivity index (χ4n) is 0.348. The fourth-order valence-corrected chi connectivity index (χ4v) is 0.348. The van der Waals surface area contributed by atoms with Crippen LogP contribution in [0.5, 0.6) is 0 Å². The third kappa shape index (κ3) is 1.87. The number of nitrogens with zero attached hydrogens (tertiary/aromatic N) is 1. The zero-order valence-corrected chi connectivity index (χ0v) is 5.27. The standard InChI is InChI=1S/C3H5N3O2.ClH/c4-1-2-5-6-3(7)8-2;/h1,4H2,(H,6,7);1H. The largest absolute Gasteiger partial charge is 0.434 e. The Hall–Kier alpha value is -0.810. The second kappa shape index (κ2) is 3.26. The SMILES string of the molecule is Cl.NCc1n[nH]c(=O)o1. The maximum atomic E-state index is 10.1. The molecule has 0 aliphatic carbocycles. The number of nitrogens with two attached hydrogens (primary N) is 1. The van der Waals surface area contributed by atoms with E-state index in [1.165, 1.54) is 0 Å². The Kier molecular flexibility index (Phi) is 2.97. The van der Waals surface area contributed by atoms with Crippen LogP contribution in [0.2, 0.25) is 0 Å². The molecule has 1 rings (SSSR count). The van der Waals surface area contributed by atoms with Gasteiger partial charge < -0.3 is 10.2 Å². The van der Waals surface area contributed by atoms with E-state index in [1.54, 1.807) is 0 Å². The summed E-state index contributed by atoms with van der Waals surface area (Å²) in [6.07, 6.45) is 0. The van der Waals surface area contributed by atoms with E-state index in [0.29, 0.717) is 0 Å². The molecule has 3 N–H and O–H groups in total. The van der Waals surface area contributed by atoms with Gasteiger partial charge in [0.2, 0.25) is 5.89 Å². The van der Waals surface area contributed by atoms with Gasteiger partial charge in [-0.2, -0.15) is 0 Å². The van der Waals surface area contributed by atoms with Crippen molar-refractivity contribution in [3.05, 3.63) is 16.4 Å². The Morgan fingerprint density at radius 2 is 2.44 bits per heavy atom. The first kappa shape index (κ1) is 8.19. The number of hydrogen-bond donors (Lipinski definition) is 2. The molecular weight excluding hydrogens is 146 g/mol. The Labute approximate surface area is 56.7 Å². The lowest BCUT2D eigenvalue weighted by Crippen LogP contribution is -1.96. The molecule has 6 heteroatoms. The highest BCUT2D eigenvalue weighted by molar-refractivity contribution is 5.85. The number of nitrogens with one attached hydrogen (secondary N) is 1. The van der Waals surface area contributed by atoms with Crippen molar-refractivity contribution < 1.29 is 4.42 Å². The van der Waals surface area contributed by atoms with E-state index in [-0.39, 0.29) is 24.8 Å². The van der Waals surface area contributed by atoms with Crippen LogP contribution in [0, 0.1) is 0 Å². The van der Waals surface area contributed by atoms with Gasteiger partial charge in [-0.1, -0.05) is 0 Å².